The van der Waals surface area contributed by atoms with Gasteiger partial charge in [-0.3, -0.25) is 0 Å². The fourth-order valence-electron chi connectivity index (χ4n) is 1.24. The van der Waals surface area contributed by atoms with Gasteiger partial charge in [0.25, 0.3) is 0 Å². The summed E-state index contributed by atoms with van der Waals surface area (Å²) in [6.45, 7) is 6.07. The van der Waals surface area contributed by atoms with Crippen molar-refractivity contribution < 1.29 is 4.74 Å². The quantitative estimate of drug-likeness (QED) is 0.549. The van der Waals surface area contributed by atoms with Crippen molar-refractivity contribution in [2.24, 2.45) is 0 Å². The van der Waals surface area contributed by atoms with Crippen LogP contribution >= 0.6 is 0 Å². The Balaban J connectivity index is 2.42. The highest BCUT2D eigenvalue weighted by atomic mass is 16.5. The fraction of sp³-hybridized carbons (Fsp3) is 0.333. The smallest absolute Gasteiger partial charge is 0.0713 e. The van der Waals surface area contributed by atoms with E-state index >= 15 is 0 Å². The van der Waals surface area contributed by atoms with Gasteiger partial charge in [0.2, 0.25) is 0 Å². The molecule has 0 aliphatic rings. The van der Waals surface area contributed by atoms with Crippen LogP contribution in [-0.4, -0.2) is 13.7 Å². The van der Waals surface area contributed by atoms with Gasteiger partial charge in [-0.25, -0.2) is 0 Å². The first kappa shape index (κ1) is 11.0. The Bertz CT molecular complexity index is 266. The fourth-order valence-corrected chi connectivity index (χ4v) is 1.24. The van der Waals surface area contributed by atoms with Crippen LogP contribution in [0, 0.1) is 0 Å². The summed E-state index contributed by atoms with van der Waals surface area (Å²) < 4.78 is 5.04. The molecule has 0 heterocycles. The van der Waals surface area contributed by atoms with Crippen LogP contribution in [0.15, 0.2) is 36.9 Å². The standard InChI is InChI=1S/C12H17NO/c1-3-8-13-9-11-4-6-12(7-5-11)10-14-2/h3-7,13H,1,8-10H2,2H3. The van der Waals surface area contributed by atoms with Crippen molar-refractivity contribution in [3.8, 4) is 0 Å². The highest BCUT2D eigenvalue weighted by Gasteiger charge is 1.93. The minimum atomic E-state index is 0.681. The highest BCUT2D eigenvalue weighted by molar-refractivity contribution is 5.21. The van der Waals surface area contributed by atoms with Crippen LogP contribution in [0.25, 0.3) is 0 Å². The zero-order chi connectivity index (χ0) is 10.2. The van der Waals surface area contributed by atoms with Crippen molar-refractivity contribution in [2.45, 2.75) is 13.2 Å². The molecule has 0 bridgehead atoms. The number of rotatable bonds is 6. The second-order valence-electron chi connectivity index (χ2n) is 3.17. The number of benzene rings is 1. The van der Waals surface area contributed by atoms with Crippen molar-refractivity contribution in [1.29, 1.82) is 0 Å². The zero-order valence-electron chi connectivity index (χ0n) is 8.62. The lowest BCUT2D eigenvalue weighted by Gasteiger charge is -2.03. The van der Waals surface area contributed by atoms with E-state index in [2.05, 4.69) is 36.2 Å². The third kappa shape index (κ3) is 3.73. The average Bonchev–Trinajstić information content (AvgIpc) is 2.21. The molecule has 1 aromatic rings. The van der Waals surface area contributed by atoms with Gasteiger partial charge >= 0.3 is 0 Å². The molecule has 14 heavy (non-hydrogen) atoms. The summed E-state index contributed by atoms with van der Waals surface area (Å²) in [5.74, 6) is 0. The van der Waals surface area contributed by atoms with E-state index in [0.717, 1.165) is 13.1 Å². The lowest BCUT2D eigenvalue weighted by molar-refractivity contribution is 0.185. The van der Waals surface area contributed by atoms with Gasteiger partial charge in [0.1, 0.15) is 0 Å². The maximum absolute atomic E-state index is 5.04. The van der Waals surface area contributed by atoms with Crippen LogP contribution in [0.5, 0.6) is 0 Å². The predicted octanol–water partition coefficient (Wildman–Crippen LogP) is 2.11. The van der Waals surface area contributed by atoms with Crippen LogP contribution in [0.3, 0.4) is 0 Å². The van der Waals surface area contributed by atoms with Crippen molar-refractivity contribution in [2.75, 3.05) is 13.7 Å². The molecule has 2 heteroatoms. The zero-order valence-corrected chi connectivity index (χ0v) is 8.62. The van der Waals surface area contributed by atoms with Gasteiger partial charge in [-0.2, -0.15) is 0 Å². The number of methoxy groups -OCH3 is 1. The molecule has 0 aliphatic carbocycles. The number of nitrogens with one attached hydrogen (secondary N) is 1. The molecule has 0 unspecified atom stereocenters. The molecule has 1 aromatic carbocycles. The summed E-state index contributed by atoms with van der Waals surface area (Å²) >= 11 is 0. The molecule has 1 rings (SSSR count). The van der Waals surface area contributed by atoms with E-state index < -0.39 is 0 Å². The van der Waals surface area contributed by atoms with E-state index in [1.54, 1.807) is 7.11 Å². The number of ether oxygens (including phenoxy) is 1. The first-order valence-corrected chi connectivity index (χ1v) is 4.75. The first-order valence-electron chi connectivity index (χ1n) is 4.75. The number of hydrogen-bond acceptors (Lipinski definition) is 2. The van der Waals surface area contributed by atoms with Crippen LogP contribution in [0.4, 0.5) is 0 Å². The van der Waals surface area contributed by atoms with Crippen LogP contribution in [0.2, 0.25) is 0 Å². The van der Waals surface area contributed by atoms with Crippen LogP contribution in [0.1, 0.15) is 11.1 Å². The van der Waals surface area contributed by atoms with E-state index in [-0.39, 0.29) is 0 Å². The molecule has 0 saturated heterocycles. The summed E-state index contributed by atoms with van der Waals surface area (Å²) in [5, 5.41) is 3.25. The van der Waals surface area contributed by atoms with Crippen molar-refractivity contribution in [3.63, 3.8) is 0 Å². The van der Waals surface area contributed by atoms with E-state index in [1.165, 1.54) is 11.1 Å². The Labute approximate surface area is 85.6 Å². The minimum absolute atomic E-state index is 0.681. The molecule has 0 saturated carbocycles. The Kier molecular flexibility index (Phi) is 4.97. The number of hydrogen-bond donors (Lipinski definition) is 1. The Morgan fingerprint density at radius 2 is 1.93 bits per heavy atom. The van der Waals surface area contributed by atoms with Gasteiger partial charge < -0.3 is 10.1 Å². The van der Waals surface area contributed by atoms with Crippen molar-refractivity contribution >= 4 is 0 Å². The molecule has 2 nitrogen and oxygen atoms in total. The maximum atomic E-state index is 5.04. The molecule has 0 fully saturated rings. The van der Waals surface area contributed by atoms with Gasteiger partial charge in [0, 0.05) is 20.2 Å². The second-order valence-corrected chi connectivity index (χ2v) is 3.17. The molecule has 76 valence electrons. The molecular formula is C12H17NO. The summed E-state index contributed by atoms with van der Waals surface area (Å²) in [6, 6.07) is 8.41. The molecule has 0 spiro atoms. The Morgan fingerprint density at radius 1 is 1.29 bits per heavy atom. The van der Waals surface area contributed by atoms with E-state index in [9.17, 15) is 0 Å². The lowest BCUT2D eigenvalue weighted by Crippen LogP contribution is -2.12. The first-order chi connectivity index (χ1) is 6.86. The van der Waals surface area contributed by atoms with Gasteiger partial charge in [-0.1, -0.05) is 30.3 Å². The maximum Gasteiger partial charge on any atom is 0.0713 e. The monoisotopic (exact) mass is 191 g/mol. The third-order valence-electron chi connectivity index (χ3n) is 1.95. The molecule has 0 atom stereocenters. The topological polar surface area (TPSA) is 21.3 Å². The van der Waals surface area contributed by atoms with Crippen LogP contribution < -0.4 is 5.32 Å². The van der Waals surface area contributed by atoms with Gasteiger partial charge in [-0.05, 0) is 11.1 Å². The SMILES string of the molecule is C=CCNCc1ccc(COC)cc1. The van der Waals surface area contributed by atoms with Crippen LogP contribution in [-0.2, 0) is 17.9 Å². The highest BCUT2D eigenvalue weighted by Crippen LogP contribution is 2.04. The van der Waals surface area contributed by atoms with Crippen molar-refractivity contribution in [1.82, 2.24) is 5.32 Å². The molecule has 0 aliphatic heterocycles. The molecule has 1 N–H and O–H groups in total. The van der Waals surface area contributed by atoms with Gasteiger partial charge in [0.15, 0.2) is 0 Å². The Hall–Kier alpha value is -1.12. The van der Waals surface area contributed by atoms with Crippen molar-refractivity contribution in [3.05, 3.63) is 48.0 Å². The summed E-state index contributed by atoms with van der Waals surface area (Å²) in [4.78, 5) is 0. The largest absolute Gasteiger partial charge is 0.380 e. The van der Waals surface area contributed by atoms with E-state index in [1.807, 2.05) is 6.08 Å². The average molecular weight is 191 g/mol. The van der Waals surface area contributed by atoms with E-state index in [4.69, 9.17) is 4.74 Å². The lowest BCUT2D eigenvalue weighted by atomic mass is 10.1. The van der Waals surface area contributed by atoms with Gasteiger partial charge in [-0.15, -0.1) is 6.58 Å². The Morgan fingerprint density at radius 3 is 2.50 bits per heavy atom. The third-order valence-corrected chi connectivity index (χ3v) is 1.95. The molecular weight excluding hydrogens is 174 g/mol. The predicted molar refractivity (Wildman–Crippen MR) is 59.1 cm³/mol. The molecule has 0 amide bonds. The summed E-state index contributed by atoms with van der Waals surface area (Å²) in [6.07, 6.45) is 1.86. The molecule has 0 aromatic heterocycles. The normalized spacial score (nSPS) is 10.1. The summed E-state index contributed by atoms with van der Waals surface area (Å²) in [5.41, 5.74) is 2.49. The summed E-state index contributed by atoms with van der Waals surface area (Å²) in [7, 11) is 1.71. The molecule has 0 radical (unpaired) electrons. The van der Waals surface area contributed by atoms with E-state index in [0.29, 0.717) is 6.61 Å². The second kappa shape index (κ2) is 6.35. The van der Waals surface area contributed by atoms with Gasteiger partial charge in [0.05, 0.1) is 6.61 Å². The minimum Gasteiger partial charge on any atom is -0.380 e.